The predicted molar refractivity (Wildman–Crippen MR) is 67.0 cm³/mol. The standard InChI is InChI=1S/C11H15BrN2O/c1-4-8-5-11(15)9(12)6-10(8)13-7-14(2)3/h5-7,15H,4H2,1-3H3. The van der Waals surface area contributed by atoms with Gasteiger partial charge in [-0.25, -0.2) is 4.99 Å². The minimum Gasteiger partial charge on any atom is -0.507 e. The van der Waals surface area contributed by atoms with Crippen molar-refractivity contribution in [3.8, 4) is 5.75 Å². The third-order valence-electron chi connectivity index (χ3n) is 1.96. The average molecular weight is 271 g/mol. The van der Waals surface area contributed by atoms with Crippen molar-refractivity contribution in [3.05, 3.63) is 22.2 Å². The van der Waals surface area contributed by atoms with Crippen LogP contribution in [0.2, 0.25) is 0 Å². The molecule has 0 aromatic heterocycles. The molecule has 0 atom stereocenters. The Morgan fingerprint density at radius 3 is 2.67 bits per heavy atom. The van der Waals surface area contributed by atoms with Gasteiger partial charge in [0.15, 0.2) is 0 Å². The first-order chi connectivity index (χ1) is 7.04. The lowest BCUT2D eigenvalue weighted by atomic mass is 10.1. The van der Waals surface area contributed by atoms with Crippen LogP contribution in [0.1, 0.15) is 12.5 Å². The quantitative estimate of drug-likeness (QED) is 0.677. The van der Waals surface area contributed by atoms with Gasteiger partial charge < -0.3 is 10.0 Å². The molecule has 0 heterocycles. The Morgan fingerprint density at radius 1 is 1.47 bits per heavy atom. The Bertz CT molecular complexity index is 375. The summed E-state index contributed by atoms with van der Waals surface area (Å²) >= 11 is 3.28. The molecule has 4 heteroatoms. The zero-order valence-electron chi connectivity index (χ0n) is 9.16. The van der Waals surface area contributed by atoms with Gasteiger partial charge in [0.05, 0.1) is 16.5 Å². The van der Waals surface area contributed by atoms with E-state index in [0.29, 0.717) is 4.47 Å². The predicted octanol–water partition coefficient (Wildman–Crippen LogP) is 2.94. The number of hydrogen-bond acceptors (Lipinski definition) is 2. The number of benzene rings is 1. The molecule has 82 valence electrons. The number of aryl methyl sites for hydroxylation is 1. The SMILES string of the molecule is CCc1cc(O)c(Br)cc1N=CN(C)C. The Hall–Kier alpha value is -1.03. The topological polar surface area (TPSA) is 35.8 Å². The smallest absolute Gasteiger partial charge is 0.130 e. The maximum atomic E-state index is 9.52. The highest BCUT2D eigenvalue weighted by molar-refractivity contribution is 9.10. The fourth-order valence-corrected chi connectivity index (χ4v) is 1.51. The summed E-state index contributed by atoms with van der Waals surface area (Å²) in [6.07, 6.45) is 2.60. The number of aromatic hydroxyl groups is 1. The van der Waals surface area contributed by atoms with Crippen LogP contribution in [0.3, 0.4) is 0 Å². The third-order valence-corrected chi connectivity index (χ3v) is 2.59. The molecule has 0 saturated heterocycles. The molecule has 1 aromatic rings. The molecule has 0 unspecified atom stereocenters. The molecule has 0 aliphatic carbocycles. The highest BCUT2D eigenvalue weighted by Gasteiger charge is 2.05. The minimum absolute atomic E-state index is 0.260. The van der Waals surface area contributed by atoms with Crippen molar-refractivity contribution in [2.24, 2.45) is 4.99 Å². The zero-order chi connectivity index (χ0) is 11.4. The Balaban J connectivity index is 3.10. The molecule has 0 spiro atoms. The van der Waals surface area contributed by atoms with Crippen LogP contribution in [-0.2, 0) is 6.42 Å². The molecule has 3 nitrogen and oxygen atoms in total. The molecule has 0 fully saturated rings. The Labute approximate surface area is 98.6 Å². The van der Waals surface area contributed by atoms with Crippen LogP contribution in [-0.4, -0.2) is 30.4 Å². The van der Waals surface area contributed by atoms with Crippen LogP contribution in [0.4, 0.5) is 5.69 Å². The molecule has 0 radical (unpaired) electrons. The van der Waals surface area contributed by atoms with E-state index in [9.17, 15) is 5.11 Å². The fraction of sp³-hybridized carbons (Fsp3) is 0.364. The molecule has 15 heavy (non-hydrogen) atoms. The second kappa shape index (κ2) is 5.16. The summed E-state index contributed by atoms with van der Waals surface area (Å²) in [7, 11) is 3.84. The van der Waals surface area contributed by atoms with Gasteiger partial charge in [-0.1, -0.05) is 6.92 Å². The lowest BCUT2D eigenvalue weighted by Gasteiger charge is -2.07. The first-order valence-electron chi connectivity index (χ1n) is 4.76. The summed E-state index contributed by atoms with van der Waals surface area (Å²) in [5, 5.41) is 9.52. The average Bonchev–Trinajstić information content (AvgIpc) is 2.19. The summed E-state index contributed by atoms with van der Waals surface area (Å²) in [5.74, 6) is 0.260. The van der Waals surface area contributed by atoms with Crippen LogP contribution in [0.15, 0.2) is 21.6 Å². The van der Waals surface area contributed by atoms with Gasteiger partial charge in [0.1, 0.15) is 5.75 Å². The van der Waals surface area contributed by atoms with Crippen molar-refractivity contribution in [1.29, 1.82) is 0 Å². The summed E-state index contributed by atoms with van der Waals surface area (Å²) in [4.78, 5) is 6.21. The van der Waals surface area contributed by atoms with E-state index in [2.05, 4.69) is 20.9 Å². The second-order valence-electron chi connectivity index (χ2n) is 3.49. The maximum Gasteiger partial charge on any atom is 0.130 e. The fourth-order valence-electron chi connectivity index (χ4n) is 1.18. The van der Waals surface area contributed by atoms with Crippen LogP contribution in [0.25, 0.3) is 0 Å². The van der Waals surface area contributed by atoms with Gasteiger partial charge in [-0.3, -0.25) is 0 Å². The van der Waals surface area contributed by atoms with E-state index < -0.39 is 0 Å². The Kier molecular flexibility index (Phi) is 4.15. The van der Waals surface area contributed by atoms with E-state index in [1.807, 2.05) is 32.0 Å². The van der Waals surface area contributed by atoms with Crippen LogP contribution >= 0.6 is 15.9 Å². The number of aliphatic imine (C=N–C) groups is 1. The lowest BCUT2D eigenvalue weighted by molar-refractivity contribution is 0.471. The molecule has 0 aliphatic rings. The normalized spacial score (nSPS) is 10.9. The van der Waals surface area contributed by atoms with Crippen molar-refractivity contribution in [1.82, 2.24) is 4.90 Å². The van der Waals surface area contributed by atoms with E-state index in [1.54, 1.807) is 12.4 Å². The first kappa shape index (κ1) is 12.0. The number of nitrogens with zero attached hydrogens (tertiary/aromatic N) is 2. The van der Waals surface area contributed by atoms with Gasteiger partial charge in [0.25, 0.3) is 0 Å². The summed E-state index contributed by atoms with van der Waals surface area (Å²) in [5.41, 5.74) is 1.92. The second-order valence-corrected chi connectivity index (χ2v) is 4.35. The molecule has 1 aromatic carbocycles. The van der Waals surface area contributed by atoms with Crippen molar-refractivity contribution >= 4 is 28.0 Å². The van der Waals surface area contributed by atoms with Crippen molar-refractivity contribution in [3.63, 3.8) is 0 Å². The minimum atomic E-state index is 0.260. The molecule has 0 amide bonds. The summed E-state index contributed by atoms with van der Waals surface area (Å²) in [6.45, 7) is 2.04. The van der Waals surface area contributed by atoms with Gasteiger partial charge in [0, 0.05) is 14.1 Å². The van der Waals surface area contributed by atoms with E-state index in [4.69, 9.17) is 0 Å². The number of phenolic OH excluding ortho intramolecular Hbond substituents is 1. The highest BCUT2D eigenvalue weighted by Crippen LogP contribution is 2.32. The maximum absolute atomic E-state index is 9.52. The molecule has 0 saturated carbocycles. The molecule has 1 rings (SSSR count). The molecular formula is C11H15BrN2O. The van der Waals surface area contributed by atoms with Crippen LogP contribution in [0.5, 0.6) is 5.75 Å². The van der Waals surface area contributed by atoms with Gasteiger partial charge in [0.2, 0.25) is 0 Å². The van der Waals surface area contributed by atoms with E-state index in [0.717, 1.165) is 17.7 Å². The van der Waals surface area contributed by atoms with Crippen LogP contribution < -0.4 is 0 Å². The van der Waals surface area contributed by atoms with Crippen molar-refractivity contribution < 1.29 is 5.11 Å². The molecule has 0 aliphatic heterocycles. The van der Waals surface area contributed by atoms with Gasteiger partial charge in [-0.15, -0.1) is 0 Å². The number of phenols is 1. The molecule has 0 bridgehead atoms. The van der Waals surface area contributed by atoms with Gasteiger partial charge in [-0.05, 0) is 40.0 Å². The molecular weight excluding hydrogens is 256 g/mol. The monoisotopic (exact) mass is 270 g/mol. The van der Waals surface area contributed by atoms with E-state index in [1.165, 1.54) is 0 Å². The number of halogens is 1. The summed E-state index contributed by atoms with van der Waals surface area (Å²) in [6, 6.07) is 3.57. The summed E-state index contributed by atoms with van der Waals surface area (Å²) < 4.78 is 0.672. The van der Waals surface area contributed by atoms with Crippen molar-refractivity contribution in [2.45, 2.75) is 13.3 Å². The van der Waals surface area contributed by atoms with E-state index >= 15 is 0 Å². The highest BCUT2D eigenvalue weighted by atomic mass is 79.9. The third kappa shape index (κ3) is 3.23. The number of hydrogen-bond donors (Lipinski definition) is 1. The van der Waals surface area contributed by atoms with Crippen LogP contribution in [0, 0.1) is 0 Å². The molecule has 1 N–H and O–H groups in total. The lowest BCUT2D eigenvalue weighted by Crippen LogP contribution is -2.07. The Morgan fingerprint density at radius 2 is 2.13 bits per heavy atom. The number of rotatable bonds is 3. The van der Waals surface area contributed by atoms with E-state index in [-0.39, 0.29) is 5.75 Å². The van der Waals surface area contributed by atoms with Gasteiger partial charge >= 0.3 is 0 Å². The first-order valence-corrected chi connectivity index (χ1v) is 5.56. The van der Waals surface area contributed by atoms with Crippen molar-refractivity contribution in [2.75, 3.05) is 14.1 Å². The van der Waals surface area contributed by atoms with Gasteiger partial charge in [-0.2, -0.15) is 0 Å². The zero-order valence-corrected chi connectivity index (χ0v) is 10.7. The largest absolute Gasteiger partial charge is 0.507 e.